The van der Waals surface area contributed by atoms with Crippen LogP contribution in [0.2, 0.25) is 0 Å². The van der Waals surface area contributed by atoms with Crippen LogP contribution in [0.3, 0.4) is 0 Å². The molecule has 0 saturated carbocycles. The second-order valence-electron chi connectivity index (χ2n) is 4.37. The van der Waals surface area contributed by atoms with Gasteiger partial charge in [0, 0.05) is 12.6 Å². The molecule has 2 aliphatic rings. The third-order valence-electron chi connectivity index (χ3n) is 3.36. The highest BCUT2D eigenvalue weighted by Crippen LogP contribution is 2.10. The molecule has 2 amide bonds. The summed E-state index contributed by atoms with van der Waals surface area (Å²) >= 11 is 0. The van der Waals surface area contributed by atoms with Crippen molar-refractivity contribution in [1.82, 2.24) is 15.1 Å². The summed E-state index contributed by atoms with van der Waals surface area (Å²) in [5, 5.41) is 3.28. The molecule has 0 aromatic carbocycles. The number of hydrogen-bond acceptors (Lipinski definition) is 5. The Labute approximate surface area is 101 Å². The fraction of sp³-hybridized carbons (Fsp3) is 0.818. The van der Waals surface area contributed by atoms with E-state index in [1.165, 1.54) is 4.90 Å². The average Bonchev–Trinajstić information content (AvgIpc) is 2.96. The van der Waals surface area contributed by atoms with E-state index in [1.54, 1.807) is 0 Å². The molecule has 0 radical (unpaired) electrons. The Morgan fingerprint density at radius 1 is 1.65 bits per heavy atom. The number of carbonyl (C=O) groups is 2. The normalized spacial score (nSPS) is 24.5. The van der Waals surface area contributed by atoms with Crippen molar-refractivity contribution in [2.45, 2.75) is 19.4 Å². The number of nitrogens with one attached hydrogen (secondary N) is 1. The molecular weight excluding hydrogens is 222 g/mol. The van der Waals surface area contributed by atoms with Crippen molar-refractivity contribution in [1.29, 1.82) is 0 Å². The number of imide groups is 1. The van der Waals surface area contributed by atoms with Crippen LogP contribution in [0, 0.1) is 0 Å². The molecule has 1 unspecified atom stereocenters. The Hall–Kier alpha value is -1.14. The number of rotatable bonds is 4. The van der Waals surface area contributed by atoms with Gasteiger partial charge in [-0.3, -0.25) is 9.69 Å². The van der Waals surface area contributed by atoms with Crippen molar-refractivity contribution in [3.05, 3.63) is 0 Å². The van der Waals surface area contributed by atoms with Gasteiger partial charge in [-0.25, -0.2) is 9.69 Å². The second-order valence-corrected chi connectivity index (χ2v) is 4.37. The molecule has 0 spiro atoms. The van der Waals surface area contributed by atoms with Crippen LogP contribution in [-0.4, -0.2) is 67.2 Å². The lowest BCUT2D eigenvalue weighted by molar-refractivity contribution is -0.129. The second kappa shape index (κ2) is 5.46. The smallest absolute Gasteiger partial charge is 0.416 e. The Morgan fingerprint density at radius 3 is 3.00 bits per heavy atom. The van der Waals surface area contributed by atoms with Gasteiger partial charge >= 0.3 is 6.09 Å². The van der Waals surface area contributed by atoms with Gasteiger partial charge in [-0.1, -0.05) is 6.92 Å². The molecule has 6 heteroatoms. The third kappa shape index (κ3) is 2.76. The van der Waals surface area contributed by atoms with Crippen LogP contribution >= 0.6 is 0 Å². The van der Waals surface area contributed by atoms with Crippen LogP contribution in [0.15, 0.2) is 0 Å². The van der Waals surface area contributed by atoms with Crippen molar-refractivity contribution in [2.75, 3.05) is 39.3 Å². The minimum Gasteiger partial charge on any atom is -0.447 e. The highest BCUT2D eigenvalue weighted by molar-refractivity contribution is 5.94. The van der Waals surface area contributed by atoms with Crippen LogP contribution in [-0.2, 0) is 9.53 Å². The van der Waals surface area contributed by atoms with Gasteiger partial charge in [0.1, 0.15) is 6.61 Å². The van der Waals surface area contributed by atoms with E-state index >= 15 is 0 Å². The largest absolute Gasteiger partial charge is 0.447 e. The van der Waals surface area contributed by atoms with Gasteiger partial charge in [-0.2, -0.15) is 0 Å². The molecule has 0 aromatic heterocycles. The molecule has 6 nitrogen and oxygen atoms in total. The van der Waals surface area contributed by atoms with Gasteiger partial charge in [0.25, 0.3) is 0 Å². The van der Waals surface area contributed by atoms with Gasteiger partial charge in [0.15, 0.2) is 0 Å². The first-order chi connectivity index (χ1) is 8.22. The van der Waals surface area contributed by atoms with Crippen molar-refractivity contribution in [3.63, 3.8) is 0 Å². The molecule has 0 aromatic rings. The zero-order chi connectivity index (χ0) is 12.3. The lowest BCUT2D eigenvalue weighted by atomic mass is 10.2. The summed E-state index contributed by atoms with van der Waals surface area (Å²) in [5.74, 6) is -0.152. The summed E-state index contributed by atoms with van der Waals surface area (Å²) in [6.45, 7) is 5.79. The van der Waals surface area contributed by atoms with E-state index in [0.29, 0.717) is 25.7 Å². The molecule has 2 saturated heterocycles. The standard InChI is InChI=1S/C11H19N3O3/c1-2-13(9-3-4-12-7-9)8-10(15)14-5-6-17-11(14)16/h9,12H,2-8H2,1H3. The van der Waals surface area contributed by atoms with Crippen LogP contribution in [0.5, 0.6) is 0 Å². The summed E-state index contributed by atoms with van der Waals surface area (Å²) in [4.78, 5) is 26.5. The zero-order valence-electron chi connectivity index (χ0n) is 10.1. The maximum atomic E-state index is 11.9. The van der Waals surface area contributed by atoms with E-state index in [0.717, 1.165) is 26.1 Å². The third-order valence-corrected chi connectivity index (χ3v) is 3.36. The van der Waals surface area contributed by atoms with E-state index in [-0.39, 0.29) is 5.91 Å². The van der Waals surface area contributed by atoms with Gasteiger partial charge < -0.3 is 10.1 Å². The molecular formula is C11H19N3O3. The molecule has 0 bridgehead atoms. The molecule has 2 heterocycles. The highest BCUT2D eigenvalue weighted by atomic mass is 16.6. The number of cyclic esters (lactones) is 1. The minimum absolute atomic E-state index is 0.152. The van der Waals surface area contributed by atoms with Crippen LogP contribution in [0.25, 0.3) is 0 Å². The Bertz CT molecular complexity index is 302. The van der Waals surface area contributed by atoms with E-state index in [1.807, 2.05) is 6.92 Å². The molecule has 2 aliphatic heterocycles. The molecule has 1 atom stereocenters. The Balaban J connectivity index is 1.89. The maximum Gasteiger partial charge on any atom is 0.416 e. The topological polar surface area (TPSA) is 61.9 Å². The first kappa shape index (κ1) is 12.3. The first-order valence-electron chi connectivity index (χ1n) is 6.14. The highest BCUT2D eigenvalue weighted by Gasteiger charge is 2.31. The maximum absolute atomic E-state index is 11.9. The summed E-state index contributed by atoms with van der Waals surface area (Å²) in [7, 11) is 0. The fourth-order valence-electron chi connectivity index (χ4n) is 2.33. The lowest BCUT2D eigenvalue weighted by Crippen LogP contribution is -2.45. The van der Waals surface area contributed by atoms with E-state index in [4.69, 9.17) is 4.74 Å². The van der Waals surface area contributed by atoms with Gasteiger partial charge in [0.2, 0.25) is 5.91 Å². The van der Waals surface area contributed by atoms with Crippen molar-refractivity contribution in [2.24, 2.45) is 0 Å². The summed E-state index contributed by atoms with van der Waals surface area (Å²) < 4.78 is 4.76. The minimum atomic E-state index is -0.504. The predicted molar refractivity (Wildman–Crippen MR) is 61.6 cm³/mol. The van der Waals surface area contributed by atoms with Crippen molar-refractivity contribution >= 4 is 12.0 Å². The summed E-state index contributed by atoms with van der Waals surface area (Å²) in [6.07, 6.45) is 0.557. The van der Waals surface area contributed by atoms with Crippen LogP contribution in [0.1, 0.15) is 13.3 Å². The summed E-state index contributed by atoms with van der Waals surface area (Å²) in [6, 6.07) is 0.405. The van der Waals surface area contributed by atoms with E-state index in [2.05, 4.69) is 10.2 Å². The van der Waals surface area contributed by atoms with Gasteiger partial charge in [-0.15, -0.1) is 0 Å². The zero-order valence-corrected chi connectivity index (χ0v) is 10.1. The Kier molecular flexibility index (Phi) is 3.96. The lowest BCUT2D eigenvalue weighted by Gasteiger charge is -2.27. The molecule has 1 N–H and O–H groups in total. The number of carbonyl (C=O) groups excluding carboxylic acids is 2. The fourth-order valence-corrected chi connectivity index (χ4v) is 2.33. The van der Waals surface area contributed by atoms with E-state index in [9.17, 15) is 9.59 Å². The number of amides is 2. The number of nitrogens with zero attached hydrogens (tertiary/aromatic N) is 2. The Morgan fingerprint density at radius 2 is 2.47 bits per heavy atom. The number of hydrogen-bond donors (Lipinski definition) is 1. The van der Waals surface area contributed by atoms with Crippen LogP contribution < -0.4 is 5.32 Å². The summed E-state index contributed by atoms with van der Waals surface area (Å²) in [5.41, 5.74) is 0. The van der Waals surface area contributed by atoms with Crippen molar-refractivity contribution < 1.29 is 14.3 Å². The van der Waals surface area contributed by atoms with Gasteiger partial charge in [-0.05, 0) is 19.5 Å². The molecule has 96 valence electrons. The number of likely N-dealkylation sites (N-methyl/N-ethyl adjacent to an activating group) is 1. The molecule has 2 rings (SSSR count). The van der Waals surface area contributed by atoms with Gasteiger partial charge in [0.05, 0.1) is 13.1 Å². The first-order valence-corrected chi connectivity index (χ1v) is 6.14. The SMILES string of the molecule is CCN(CC(=O)N1CCOC1=O)C1CCNC1. The predicted octanol–water partition coefficient (Wildman–Crippen LogP) is -0.351. The number of ether oxygens (including phenoxy) is 1. The monoisotopic (exact) mass is 241 g/mol. The van der Waals surface area contributed by atoms with E-state index < -0.39 is 6.09 Å². The molecule has 17 heavy (non-hydrogen) atoms. The molecule has 0 aliphatic carbocycles. The van der Waals surface area contributed by atoms with Crippen LogP contribution in [0.4, 0.5) is 4.79 Å². The van der Waals surface area contributed by atoms with Crippen molar-refractivity contribution in [3.8, 4) is 0 Å². The molecule has 2 fully saturated rings. The average molecular weight is 241 g/mol. The quantitative estimate of drug-likeness (QED) is 0.729.